The number of hydrogen-bond donors (Lipinski definition) is 1. The summed E-state index contributed by atoms with van der Waals surface area (Å²) in [6, 6.07) is 7.64. The number of thiazole rings is 1. The molecule has 17 heavy (non-hydrogen) atoms. The maximum absolute atomic E-state index is 5.77. The topological polar surface area (TPSA) is 65.4 Å². The number of nitrogens with two attached hydrogens (primary N) is 1. The highest BCUT2D eigenvalue weighted by atomic mass is 32.1. The minimum absolute atomic E-state index is 0.603. The Morgan fingerprint density at radius 2 is 2.29 bits per heavy atom. The second kappa shape index (κ2) is 3.74. The number of anilines is 1. The Bertz CT molecular complexity index is 673. The predicted molar refractivity (Wildman–Crippen MR) is 67.3 cm³/mol. The van der Waals surface area contributed by atoms with Gasteiger partial charge in [0.1, 0.15) is 11.6 Å². The van der Waals surface area contributed by atoms with Gasteiger partial charge in [-0.15, -0.1) is 16.4 Å². The van der Waals surface area contributed by atoms with Gasteiger partial charge < -0.3 is 10.5 Å². The van der Waals surface area contributed by atoms with Gasteiger partial charge in [-0.1, -0.05) is 12.1 Å². The van der Waals surface area contributed by atoms with Crippen LogP contribution in [0.3, 0.4) is 0 Å². The Labute approximate surface area is 101 Å². The normalized spacial score (nSPS) is 10.9. The predicted octanol–water partition coefficient (Wildman–Crippen LogP) is 2.05. The van der Waals surface area contributed by atoms with Crippen LogP contribution < -0.4 is 10.5 Å². The second-order valence-electron chi connectivity index (χ2n) is 3.52. The summed E-state index contributed by atoms with van der Waals surface area (Å²) in [5, 5.41) is 6.18. The van der Waals surface area contributed by atoms with E-state index in [1.165, 1.54) is 11.3 Å². The van der Waals surface area contributed by atoms with Gasteiger partial charge in [0, 0.05) is 10.9 Å². The van der Waals surface area contributed by atoms with Crippen molar-refractivity contribution < 1.29 is 4.74 Å². The van der Waals surface area contributed by atoms with Crippen molar-refractivity contribution in [3.8, 4) is 17.1 Å². The van der Waals surface area contributed by atoms with Crippen molar-refractivity contribution in [1.82, 2.24) is 14.6 Å². The Kier molecular flexibility index (Phi) is 2.22. The number of benzene rings is 1. The number of aromatic nitrogens is 3. The maximum atomic E-state index is 5.77. The quantitative estimate of drug-likeness (QED) is 0.751. The lowest BCUT2D eigenvalue weighted by Crippen LogP contribution is -1.92. The van der Waals surface area contributed by atoms with Gasteiger partial charge in [0.15, 0.2) is 5.82 Å². The van der Waals surface area contributed by atoms with E-state index in [1.54, 1.807) is 11.6 Å². The molecule has 2 N–H and O–H groups in total. The summed E-state index contributed by atoms with van der Waals surface area (Å²) in [6.07, 6.45) is 0. The molecule has 0 unspecified atom stereocenters. The van der Waals surface area contributed by atoms with E-state index in [2.05, 4.69) is 10.1 Å². The Morgan fingerprint density at radius 3 is 3.06 bits per heavy atom. The zero-order chi connectivity index (χ0) is 11.8. The highest BCUT2D eigenvalue weighted by Gasteiger charge is 2.10. The Hall–Kier alpha value is -2.08. The van der Waals surface area contributed by atoms with Gasteiger partial charge in [-0.05, 0) is 12.1 Å². The van der Waals surface area contributed by atoms with E-state index in [0.29, 0.717) is 11.6 Å². The smallest absolute Gasteiger partial charge is 0.214 e. The SMILES string of the molecule is COc1cccc(-c2nc3scc(N)n3n2)c1. The second-order valence-corrected chi connectivity index (χ2v) is 4.36. The average molecular weight is 246 g/mol. The molecule has 0 saturated heterocycles. The van der Waals surface area contributed by atoms with Gasteiger partial charge in [0.05, 0.1) is 7.11 Å². The lowest BCUT2D eigenvalue weighted by atomic mass is 10.2. The molecule has 0 amide bonds. The summed E-state index contributed by atoms with van der Waals surface area (Å²) >= 11 is 1.47. The van der Waals surface area contributed by atoms with Crippen LogP contribution in [0.1, 0.15) is 0 Å². The van der Waals surface area contributed by atoms with Crippen LogP contribution in [0, 0.1) is 0 Å². The number of nitrogen functional groups attached to an aromatic ring is 1. The van der Waals surface area contributed by atoms with Crippen LogP contribution in [0.2, 0.25) is 0 Å². The first kappa shape index (κ1) is 10.1. The third-order valence-corrected chi connectivity index (χ3v) is 3.27. The molecule has 0 atom stereocenters. The first-order chi connectivity index (χ1) is 8.28. The Morgan fingerprint density at radius 1 is 1.41 bits per heavy atom. The van der Waals surface area contributed by atoms with E-state index in [4.69, 9.17) is 10.5 Å². The molecule has 3 aromatic rings. The zero-order valence-corrected chi connectivity index (χ0v) is 9.94. The van der Waals surface area contributed by atoms with Crippen LogP contribution >= 0.6 is 11.3 Å². The number of ether oxygens (including phenoxy) is 1. The fourth-order valence-electron chi connectivity index (χ4n) is 1.59. The first-order valence-electron chi connectivity index (χ1n) is 5.02. The van der Waals surface area contributed by atoms with Crippen molar-refractivity contribution in [3.63, 3.8) is 0 Å². The van der Waals surface area contributed by atoms with E-state index < -0.39 is 0 Å². The first-order valence-corrected chi connectivity index (χ1v) is 5.90. The minimum atomic E-state index is 0.603. The van der Waals surface area contributed by atoms with Crippen molar-refractivity contribution in [2.24, 2.45) is 0 Å². The van der Waals surface area contributed by atoms with E-state index in [9.17, 15) is 0 Å². The highest BCUT2D eigenvalue weighted by molar-refractivity contribution is 7.15. The van der Waals surface area contributed by atoms with Crippen molar-refractivity contribution in [2.45, 2.75) is 0 Å². The molecule has 0 aliphatic rings. The number of hydrogen-bond acceptors (Lipinski definition) is 5. The van der Waals surface area contributed by atoms with Crippen LogP contribution in [0.25, 0.3) is 16.3 Å². The fourth-order valence-corrected chi connectivity index (χ4v) is 2.30. The van der Waals surface area contributed by atoms with Crippen molar-refractivity contribution in [2.75, 3.05) is 12.8 Å². The fraction of sp³-hybridized carbons (Fsp3) is 0.0909. The monoisotopic (exact) mass is 246 g/mol. The number of fused-ring (bicyclic) bond motifs is 1. The molecule has 6 heteroatoms. The zero-order valence-electron chi connectivity index (χ0n) is 9.12. The summed E-state index contributed by atoms with van der Waals surface area (Å²) in [5.74, 6) is 2.04. The van der Waals surface area contributed by atoms with Gasteiger partial charge in [-0.3, -0.25) is 0 Å². The van der Waals surface area contributed by atoms with Gasteiger partial charge in [-0.2, -0.15) is 9.50 Å². The molecule has 0 spiro atoms. The van der Waals surface area contributed by atoms with Gasteiger partial charge in [0.25, 0.3) is 0 Å². The van der Waals surface area contributed by atoms with Crippen LogP contribution in [-0.4, -0.2) is 21.7 Å². The van der Waals surface area contributed by atoms with Crippen molar-refractivity contribution in [3.05, 3.63) is 29.6 Å². The van der Waals surface area contributed by atoms with E-state index in [0.717, 1.165) is 16.3 Å². The average Bonchev–Trinajstić information content (AvgIpc) is 2.92. The summed E-state index contributed by atoms with van der Waals surface area (Å²) in [7, 11) is 1.64. The molecular formula is C11H10N4OS. The molecule has 0 saturated carbocycles. The van der Waals surface area contributed by atoms with E-state index in [-0.39, 0.29) is 0 Å². The van der Waals surface area contributed by atoms with Crippen molar-refractivity contribution >= 4 is 22.1 Å². The van der Waals surface area contributed by atoms with Crippen molar-refractivity contribution in [1.29, 1.82) is 0 Å². The Balaban J connectivity index is 2.13. The molecule has 2 aromatic heterocycles. The van der Waals surface area contributed by atoms with Gasteiger partial charge in [0.2, 0.25) is 4.96 Å². The highest BCUT2D eigenvalue weighted by Crippen LogP contribution is 2.24. The lowest BCUT2D eigenvalue weighted by Gasteiger charge is -2.00. The molecule has 0 aliphatic carbocycles. The van der Waals surface area contributed by atoms with Crippen LogP contribution in [-0.2, 0) is 0 Å². The minimum Gasteiger partial charge on any atom is -0.497 e. The molecule has 5 nitrogen and oxygen atoms in total. The van der Waals surface area contributed by atoms with Crippen LogP contribution in [0.5, 0.6) is 5.75 Å². The molecule has 0 aliphatic heterocycles. The summed E-state index contributed by atoms with van der Waals surface area (Å²) in [4.78, 5) is 5.21. The van der Waals surface area contributed by atoms with Gasteiger partial charge in [-0.25, -0.2) is 0 Å². The molecule has 86 valence electrons. The molecule has 2 heterocycles. The maximum Gasteiger partial charge on any atom is 0.214 e. The van der Waals surface area contributed by atoms with Gasteiger partial charge >= 0.3 is 0 Å². The third-order valence-electron chi connectivity index (χ3n) is 2.44. The molecular weight excluding hydrogens is 236 g/mol. The van der Waals surface area contributed by atoms with Crippen LogP contribution in [0.15, 0.2) is 29.6 Å². The number of nitrogens with zero attached hydrogens (tertiary/aromatic N) is 3. The number of rotatable bonds is 2. The molecule has 1 aromatic carbocycles. The summed E-state index contributed by atoms with van der Waals surface area (Å²) in [6.45, 7) is 0. The molecule has 0 fully saturated rings. The summed E-state index contributed by atoms with van der Waals surface area (Å²) in [5.41, 5.74) is 6.69. The molecule has 0 bridgehead atoms. The van der Waals surface area contributed by atoms with Crippen LogP contribution in [0.4, 0.5) is 5.82 Å². The van der Waals surface area contributed by atoms with E-state index >= 15 is 0 Å². The standard InChI is InChI=1S/C11H10N4OS/c1-16-8-4-2-3-7(5-8)10-13-11-15(14-10)9(12)6-17-11/h2-6H,12H2,1H3. The summed E-state index contributed by atoms with van der Waals surface area (Å²) < 4.78 is 6.81. The lowest BCUT2D eigenvalue weighted by molar-refractivity contribution is 0.415. The molecule has 3 rings (SSSR count). The molecule has 0 radical (unpaired) electrons. The largest absolute Gasteiger partial charge is 0.497 e. The third kappa shape index (κ3) is 1.62. The van der Waals surface area contributed by atoms with E-state index in [1.807, 2.05) is 29.6 Å². The number of methoxy groups -OCH3 is 1.